The Bertz CT molecular complexity index is 693. The van der Waals surface area contributed by atoms with Gasteiger partial charge in [0.15, 0.2) is 0 Å². The van der Waals surface area contributed by atoms with Crippen molar-refractivity contribution < 1.29 is 5.11 Å². The van der Waals surface area contributed by atoms with E-state index in [1.807, 2.05) is 24.3 Å². The molecular formula is C20H27N3O. The van der Waals surface area contributed by atoms with E-state index in [0.29, 0.717) is 12.2 Å². The number of nitrogens with two attached hydrogens (primary N) is 1. The van der Waals surface area contributed by atoms with E-state index in [1.165, 1.54) is 16.8 Å². The van der Waals surface area contributed by atoms with Gasteiger partial charge in [0.25, 0.3) is 0 Å². The summed E-state index contributed by atoms with van der Waals surface area (Å²) in [6.45, 7) is 8.93. The van der Waals surface area contributed by atoms with Crippen LogP contribution < -0.4 is 10.6 Å². The maximum atomic E-state index is 10.4. The van der Waals surface area contributed by atoms with Crippen molar-refractivity contribution in [3.63, 3.8) is 0 Å². The average molecular weight is 325 g/mol. The number of aliphatic hydroxyl groups excluding tert-OH is 1. The van der Waals surface area contributed by atoms with E-state index in [1.54, 1.807) is 0 Å². The molecule has 128 valence electrons. The number of nitrogen functional groups attached to an aromatic ring is 1. The summed E-state index contributed by atoms with van der Waals surface area (Å²) in [5, 5.41) is 10.4. The molecule has 3 N–H and O–H groups in total. The van der Waals surface area contributed by atoms with Gasteiger partial charge in [0, 0.05) is 44.1 Å². The van der Waals surface area contributed by atoms with Crippen LogP contribution in [-0.4, -0.2) is 42.7 Å². The zero-order chi connectivity index (χ0) is 17.1. The van der Waals surface area contributed by atoms with Crippen molar-refractivity contribution in [2.45, 2.75) is 20.0 Å². The van der Waals surface area contributed by atoms with Crippen LogP contribution in [0.3, 0.4) is 0 Å². The van der Waals surface area contributed by atoms with E-state index in [0.717, 1.165) is 31.7 Å². The lowest BCUT2D eigenvalue weighted by Gasteiger charge is -2.37. The van der Waals surface area contributed by atoms with E-state index in [2.05, 4.69) is 41.8 Å². The van der Waals surface area contributed by atoms with Crippen LogP contribution >= 0.6 is 0 Å². The second-order valence-corrected chi connectivity index (χ2v) is 6.69. The third-order valence-corrected chi connectivity index (χ3v) is 5.02. The maximum absolute atomic E-state index is 10.4. The molecule has 0 radical (unpaired) electrons. The van der Waals surface area contributed by atoms with Crippen LogP contribution in [-0.2, 0) is 0 Å². The number of hydrogen-bond acceptors (Lipinski definition) is 4. The molecule has 1 heterocycles. The highest BCUT2D eigenvalue weighted by atomic mass is 16.3. The minimum Gasteiger partial charge on any atom is -0.399 e. The Kier molecular flexibility index (Phi) is 5.07. The molecule has 2 aromatic rings. The summed E-state index contributed by atoms with van der Waals surface area (Å²) in [6.07, 6.45) is -0.485. The lowest BCUT2D eigenvalue weighted by molar-refractivity contribution is 0.109. The molecule has 3 rings (SSSR count). The first-order valence-corrected chi connectivity index (χ1v) is 8.61. The van der Waals surface area contributed by atoms with Gasteiger partial charge in [0.1, 0.15) is 0 Å². The summed E-state index contributed by atoms with van der Waals surface area (Å²) in [5.74, 6) is 0. The lowest BCUT2D eigenvalue weighted by Crippen LogP contribution is -2.47. The molecule has 1 saturated heterocycles. The fraction of sp³-hybridized carbons (Fsp3) is 0.400. The first kappa shape index (κ1) is 16.8. The van der Waals surface area contributed by atoms with Gasteiger partial charge in [-0.3, -0.25) is 4.90 Å². The van der Waals surface area contributed by atoms with E-state index in [-0.39, 0.29) is 0 Å². The number of aryl methyl sites for hydroxylation is 1. The molecular weight excluding hydrogens is 298 g/mol. The summed E-state index contributed by atoms with van der Waals surface area (Å²) < 4.78 is 0. The molecule has 2 aromatic carbocycles. The number of benzene rings is 2. The zero-order valence-corrected chi connectivity index (χ0v) is 14.6. The van der Waals surface area contributed by atoms with Gasteiger partial charge in [-0.05, 0) is 48.7 Å². The molecule has 1 fully saturated rings. The van der Waals surface area contributed by atoms with Gasteiger partial charge < -0.3 is 15.7 Å². The number of β-amino-alcohol motifs (C(OH)–C–C–N with tert-alkyl or cyclic N) is 1. The predicted molar refractivity (Wildman–Crippen MR) is 100 cm³/mol. The van der Waals surface area contributed by atoms with E-state index >= 15 is 0 Å². The molecule has 1 aliphatic rings. The Morgan fingerprint density at radius 3 is 2.46 bits per heavy atom. The van der Waals surface area contributed by atoms with Crippen molar-refractivity contribution >= 4 is 11.4 Å². The monoisotopic (exact) mass is 325 g/mol. The Morgan fingerprint density at radius 1 is 1.04 bits per heavy atom. The zero-order valence-electron chi connectivity index (χ0n) is 14.6. The molecule has 1 aliphatic heterocycles. The van der Waals surface area contributed by atoms with Crippen molar-refractivity contribution in [2.75, 3.05) is 43.4 Å². The molecule has 1 atom stereocenters. The minimum atomic E-state index is -0.485. The minimum absolute atomic E-state index is 0.485. The lowest BCUT2D eigenvalue weighted by atomic mass is 10.1. The quantitative estimate of drug-likeness (QED) is 0.849. The molecule has 0 aliphatic carbocycles. The first-order chi connectivity index (χ1) is 11.5. The maximum Gasteiger partial charge on any atom is 0.0917 e. The fourth-order valence-electron chi connectivity index (χ4n) is 3.37. The van der Waals surface area contributed by atoms with Crippen LogP contribution in [0.25, 0.3) is 0 Å². The summed E-state index contributed by atoms with van der Waals surface area (Å²) in [7, 11) is 0. The van der Waals surface area contributed by atoms with Gasteiger partial charge in [-0.25, -0.2) is 0 Å². The third kappa shape index (κ3) is 3.71. The largest absolute Gasteiger partial charge is 0.399 e. The number of hydrogen-bond donors (Lipinski definition) is 2. The summed E-state index contributed by atoms with van der Waals surface area (Å²) in [5.41, 5.74) is 11.4. The van der Waals surface area contributed by atoms with Crippen molar-refractivity contribution in [3.8, 4) is 0 Å². The summed E-state index contributed by atoms with van der Waals surface area (Å²) >= 11 is 0. The number of rotatable bonds is 4. The van der Waals surface area contributed by atoms with Crippen molar-refractivity contribution in [2.24, 2.45) is 0 Å². The third-order valence-electron chi connectivity index (χ3n) is 5.02. The van der Waals surface area contributed by atoms with Crippen LogP contribution in [0.15, 0.2) is 42.5 Å². The Labute approximate surface area is 144 Å². The number of anilines is 2. The highest BCUT2D eigenvalue weighted by Crippen LogP contribution is 2.24. The molecule has 0 spiro atoms. The molecule has 0 bridgehead atoms. The molecule has 24 heavy (non-hydrogen) atoms. The Balaban J connectivity index is 1.58. The Hall–Kier alpha value is -2.04. The smallest absolute Gasteiger partial charge is 0.0917 e. The van der Waals surface area contributed by atoms with E-state index in [9.17, 15) is 5.11 Å². The van der Waals surface area contributed by atoms with Crippen molar-refractivity contribution in [1.29, 1.82) is 0 Å². The Morgan fingerprint density at radius 2 is 1.75 bits per heavy atom. The van der Waals surface area contributed by atoms with Crippen LogP contribution in [0.1, 0.15) is 22.8 Å². The average Bonchev–Trinajstić information content (AvgIpc) is 2.58. The van der Waals surface area contributed by atoms with Crippen molar-refractivity contribution in [1.82, 2.24) is 4.90 Å². The van der Waals surface area contributed by atoms with Crippen LogP contribution in [0.4, 0.5) is 11.4 Å². The topological polar surface area (TPSA) is 52.7 Å². The van der Waals surface area contributed by atoms with Gasteiger partial charge in [0.05, 0.1) is 6.10 Å². The van der Waals surface area contributed by atoms with Crippen LogP contribution in [0, 0.1) is 13.8 Å². The van der Waals surface area contributed by atoms with E-state index < -0.39 is 6.10 Å². The number of piperazine rings is 1. The molecule has 0 saturated carbocycles. The van der Waals surface area contributed by atoms with Gasteiger partial charge in [-0.2, -0.15) is 0 Å². The summed E-state index contributed by atoms with van der Waals surface area (Å²) in [6, 6.07) is 14.0. The van der Waals surface area contributed by atoms with E-state index in [4.69, 9.17) is 5.73 Å². The second kappa shape index (κ2) is 7.24. The van der Waals surface area contributed by atoms with Gasteiger partial charge in [-0.15, -0.1) is 0 Å². The molecule has 0 amide bonds. The fourth-order valence-corrected chi connectivity index (χ4v) is 3.37. The molecule has 1 unspecified atom stereocenters. The van der Waals surface area contributed by atoms with Crippen LogP contribution in [0.2, 0.25) is 0 Å². The van der Waals surface area contributed by atoms with Crippen molar-refractivity contribution in [3.05, 3.63) is 59.2 Å². The molecule has 4 nitrogen and oxygen atoms in total. The highest BCUT2D eigenvalue weighted by Gasteiger charge is 2.21. The highest BCUT2D eigenvalue weighted by molar-refractivity contribution is 5.56. The first-order valence-electron chi connectivity index (χ1n) is 8.61. The summed E-state index contributed by atoms with van der Waals surface area (Å²) in [4.78, 5) is 4.78. The molecule has 0 aromatic heterocycles. The van der Waals surface area contributed by atoms with Crippen LogP contribution in [0.5, 0.6) is 0 Å². The standard InChI is InChI=1S/C20H27N3O/c1-15-5-3-8-19(16(15)2)23-11-9-22(10-12-23)14-20(24)17-6-4-7-18(21)13-17/h3-8,13,20,24H,9-12,14,21H2,1-2H3. The SMILES string of the molecule is Cc1cccc(N2CCN(CC(O)c3cccc(N)c3)CC2)c1C. The predicted octanol–water partition coefficient (Wildman–Crippen LogP) is 2.74. The van der Waals surface area contributed by atoms with Gasteiger partial charge >= 0.3 is 0 Å². The molecule has 4 heteroatoms. The second-order valence-electron chi connectivity index (χ2n) is 6.69. The van der Waals surface area contributed by atoms with Gasteiger partial charge in [0.2, 0.25) is 0 Å². The number of aliphatic hydroxyl groups is 1. The van der Waals surface area contributed by atoms with Gasteiger partial charge in [-0.1, -0.05) is 24.3 Å². The normalized spacial score (nSPS) is 17.0. The number of nitrogens with zero attached hydrogens (tertiary/aromatic N) is 2.